The Bertz CT molecular complexity index is 813. The minimum Gasteiger partial charge on any atom is -0.493 e. The summed E-state index contributed by atoms with van der Waals surface area (Å²) >= 11 is 0. The summed E-state index contributed by atoms with van der Waals surface area (Å²) < 4.78 is 12.4. The molecule has 0 radical (unpaired) electrons. The summed E-state index contributed by atoms with van der Waals surface area (Å²) in [5.41, 5.74) is 0.770. The van der Waals surface area contributed by atoms with E-state index in [1.807, 2.05) is 0 Å². The molecule has 0 spiro atoms. The molecule has 0 amide bonds. The Hall–Kier alpha value is -3.09. The van der Waals surface area contributed by atoms with Crippen LogP contribution in [0.15, 0.2) is 42.7 Å². The van der Waals surface area contributed by atoms with Crippen molar-refractivity contribution in [1.82, 2.24) is 14.6 Å². The van der Waals surface area contributed by atoms with E-state index in [4.69, 9.17) is 14.6 Å². The molecule has 0 bridgehead atoms. The molecule has 0 saturated carbocycles. The fourth-order valence-corrected chi connectivity index (χ4v) is 1.85. The van der Waals surface area contributed by atoms with E-state index in [1.165, 1.54) is 25.3 Å². The molecule has 0 aliphatic rings. The third-order valence-corrected chi connectivity index (χ3v) is 2.86. The van der Waals surface area contributed by atoms with Crippen molar-refractivity contribution in [2.45, 2.75) is 0 Å². The fraction of sp³-hybridized carbons (Fsp3) is 0.0714. The van der Waals surface area contributed by atoms with E-state index in [0.717, 1.165) is 0 Å². The monoisotopic (exact) mass is 285 g/mol. The molecule has 1 aromatic carbocycles. The van der Waals surface area contributed by atoms with Gasteiger partial charge in [-0.1, -0.05) is 0 Å². The van der Waals surface area contributed by atoms with Crippen LogP contribution in [0, 0.1) is 0 Å². The zero-order valence-corrected chi connectivity index (χ0v) is 11.1. The van der Waals surface area contributed by atoms with Gasteiger partial charge >= 0.3 is 5.97 Å². The number of rotatable bonds is 4. The summed E-state index contributed by atoms with van der Waals surface area (Å²) in [6, 6.07) is 7.78. The van der Waals surface area contributed by atoms with E-state index >= 15 is 0 Å². The third-order valence-electron chi connectivity index (χ3n) is 2.86. The lowest BCUT2D eigenvalue weighted by Crippen LogP contribution is -1.99. The van der Waals surface area contributed by atoms with Gasteiger partial charge in [-0.15, -0.1) is 0 Å². The van der Waals surface area contributed by atoms with Crippen LogP contribution < -0.4 is 9.47 Å². The molecule has 2 heterocycles. The van der Waals surface area contributed by atoms with E-state index in [2.05, 4.69) is 10.1 Å². The van der Waals surface area contributed by atoms with Gasteiger partial charge in [-0.2, -0.15) is 10.1 Å². The number of fused-ring (bicyclic) bond motifs is 1. The van der Waals surface area contributed by atoms with Crippen LogP contribution >= 0.6 is 0 Å². The van der Waals surface area contributed by atoms with E-state index < -0.39 is 5.97 Å². The summed E-state index contributed by atoms with van der Waals surface area (Å²) in [5, 5.41) is 13.0. The molecule has 0 saturated heterocycles. The topological polar surface area (TPSA) is 86.0 Å². The number of hydrogen-bond acceptors (Lipinski definition) is 5. The van der Waals surface area contributed by atoms with Crippen molar-refractivity contribution in [3.63, 3.8) is 0 Å². The second kappa shape index (κ2) is 5.12. The molecule has 2 aromatic heterocycles. The van der Waals surface area contributed by atoms with Crippen molar-refractivity contribution in [1.29, 1.82) is 0 Å². The first kappa shape index (κ1) is 12.9. The maximum absolute atomic E-state index is 10.9. The average Bonchev–Trinajstić information content (AvgIpc) is 2.95. The molecule has 3 rings (SSSR count). The van der Waals surface area contributed by atoms with Gasteiger partial charge in [0.05, 0.1) is 18.9 Å². The van der Waals surface area contributed by atoms with Crippen LogP contribution in [0.5, 0.6) is 17.4 Å². The molecule has 7 heteroatoms. The average molecular weight is 285 g/mol. The van der Waals surface area contributed by atoms with Crippen molar-refractivity contribution in [3.8, 4) is 17.4 Å². The first-order chi connectivity index (χ1) is 10.2. The highest BCUT2D eigenvalue weighted by atomic mass is 16.5. The number of aromatic carboxylic acids is 1. The SMILES string of the molecule is COc1cc(C(=O)O)ccc1Oc1ccn2nccc2n1. The molecule has 0 aliphatic heterocycles. The van der Waals surface area contributed by atoms with Gasteiger partial charge in [0.2, 0.25) is 5.88 Å². The lowest BCUT2D eigenvalue weighted by atomic mass is 10.2. The highest BCUT2D eigenvalue weighted by molar-refractivity contribution is 5.88. The van der Waals surface area contributed by atoms with Crippen LogP contribution in [-0.4, -0.2) is 32.8 Å². The lowest BCUT2D eigenvalue weighted by molar-refractivity contribution is 0.0696. The number of carboxylic acid groups (broad SMARTS) is 1. The van der Waals surface area contributed by atoms with Crippen molar-refractivity contribution >= 4 is 11.6 Å². The van der Waals surface area contributed by atoms with E-state index in [-0.39, 0.29) is 5.56 Å². The quantitative estimate of drug-likeness (QED) is 0.791. The summed E-state index contributed by atoms with van der Waals surface area (Å²) in [5.74, 6) is 0.0481. The Labute approximate surface area is 119 Å². The van der Waals surface area contributed by atoms with Gasteiger partial charge in [0.25, 0.3) is 0 Å². The molecule has 21 heavy (non-hydrogen) atoms. The highest BCUT2D eigenvalue weighted by Gasteiger charge is 2.11. The summed E-state index contributed by atoms with van der Waals surface area (Å²) in [6.45, 7) is 0. The molecule has 106 valence electrons. The molecular formula is C14H11N3O4. The third kappa shape index (κ3) is 2.48. The number of benzene rings is 1. The number of hydrogen-bond donors (Lipinski definition) is 1. The van der Waals surface area contributed by atoms with Gasteiger partial charge in [0, 0.05) is 18.3 Å². The van der Waals surface area contributed by atoms with Crippen molar-refractivity contribution in [3.05, 3.63) is 48.3 Å². The van der Waals surface area contributed by atoms with Crippen molar-refractivity contribution in [2.24, 2.45) is 0 Å². The predicted molar refractivity (Wildman–Crippen MR) is 73.0 cm³/mol. The second-order valence-corrected chi connectivity index (χ2v) is 4.17. The smallest absolute Gasteiger partial charge is 0.335 e. The molecule has 1 N–H and O–H groups in total. The number of aromatic nitrogens is 3. The Morgan fingerprint density at radius 3 is 2.86 bits per heavy atom. The lowest BCUT2D eigenvalue weighted by Gasteiger charge is -2.10. The fourth-order valence-electron chi connectivity index (χ4n) is 1.85. The number of ether oxygens (including phenoxy) is 2. The number of carbonyl (C=O) groups is 1. The minimum absolute atomic E-state index is 0.124. The number of carboxylic acids is 1. The Morgan fingerprint density at radius 1 is 1.24 bits per heavy atom. The zero-order chi connectivity index (χ0) is 14.8. The van der Waals surface area contributed by atoms with Crippen molar-refractivity contribution in [2.75, 3.05) is 7.11 Å². The number of methoxy groups -OCH3 is 1. The van der Waals surface area contributed by atoms with Crippen LogP contribution in [0.1, 0.15) is 10.4 Å². The summed E-state index contributed by atoms with van der Waals surface area (Å²) in [6.07, 6.45) is 3.35. The largest absolute Gasteiger partial charge is 0.493 e. The van der Waals surface area contributed by atoms with Crippen LogP contribution in [0.25, 0.3) is 5.65 Å². The minimum atomic E-state index is -1.03. The normalized spacial score (nSPS) is 10.5. The summed E-state index contributed by atoms with van der Waals surface area (Å²) in [4.78, 5) is 15.2. The Balaban J connectivity index is 1.94. The van der Waals surface area contributed by atoms with Gasteiger partial charge in [0.1, 0.15) is 0 Å². The van der Waals surface area contributed by atoms with Crippen LogP contribution in [-0.2, 0) is 0 Å². The van der Waals surface area contributed by atoms with E-state index in [0.29, 0.717) is 23.0 Å². The van der Waals surface area contributed by atoms with Gasteiger partial charge in [-0.3, -0.25) is 0 Å². The van der Waals surface area contributed by atoms with E-state index in [1.54, 1.807) is 29.0 Å². The zero-order valence-electron chi connectivity index (χ0n) is 11.1. The standard InChI is InChI=1S/C14H11N3O4/c1-20-11-8-9(14(18)19)2-3-10(11)21-13-5-7-17-12(16-13)4-6-15-17/h2-8H,1H3,(H,18,19). The second-order valence-electron chi connectivity index (χ2n) is 4.17. The molecular weight excluding hydrogens is 274 g/mol. The molecule has 3 aromatic rings. The molecule has 0 aliphatic carbocycles. The highest BCUT2D eigenvalue weighted by Crippen LogP contribution is 2.31. The van der Waals surface area contributed by atoms with Crippen LogP contribution in [0.4, 0.5) is 0 Å². The maximum atomic E-state index is 10.9. The maximum Gasteiger partial charge on any atom is 0.335 e. The van der Waals surface area contributed by atoms with Crippen LogP contribution in [0.2, 0.25) is 0 Å². The van der Waals surface area contributed by atoms with Gasteiger partial charge in [-0.05, 0) is 18.2 Å². The Kier molecular flexibility index (Phi) is 3.15. The van der Waals surface area contributed by atoms with Crippen LogP contribution in [0.3, 0.4) is 0 Å². The molecule has 0 fully saturated rings. The first-order valence-corrected chi connectivity index (χ1v) is 6.07. The molecule has 7 nitrogen and oxygen atoms in total. The van der Waals surface area contributed by atoms with Gasteiger partial charge < -0.3 is 14.6 Å². The van der Waals surface area contributed by atoms with Gasteiger partial charge in [-0.25, -0.2) is 9.31 Å². The molecule has 0 atom stereocenters. The first-order valence-electron chi connectivity index (χ1n) is 6.07. The van der Waals surface area contributed by atoms with E-state index in [9.17, 15) is 4.79 Å². The molecule has 0 unspecified atom stereocenters. The Morgan fingerprint density at radius 2 is 2.10 bits per heavy atom. The van der Waals surface area contributed by atoms with Gasteiger partial charge in [0.15, 0.2) is 17.1 Å². The summed E-state index contributed by atoms with van der Waals surface area (Å²) in [7, 11) is 1.45. The predicted octanol–water partition coefficient (Wildman–Crippen LogP) is 2.23. The van der Waals surface area contributed by atoms with Crippen molar-refractivity contribution < 1.29 is 19.4 Å². The number of nitrogens with zero attached hydrogens (tertiary/aromatic N) is 3.